The van der Waals surface area contributed by atoms with Crippen LogP contribution < -0.4 is 0 Å². The molecule has 0 aliphatic carbocycles. The molecule has 0 heterocycles. The van der Waals surface area contributed by atoms with Gasteiger partial charge in [-0.15, -0.1) is 0 Å². The van der Waals surface area contributed by atoms with Gasteiger partial charge in [0.05, 0.1) is 60.5 Å². The lowest BCUT2D eigenvalue weighted by Crippen LogP contribution is -2.24. The van der Waals surface area contributed by atoms with E-state index in [0.717, 1.165) is 90.9 Å². The minimum Gasteiger partial charge on any atom is -0.478 e. The number of hydrogen-bond acceptors (Lipinski definition) is 15. The molecule has 2 rings (SSSR count). The van der Waals surface area contributed by atoms with Crippen molar-refractivity contribution in [2.24, 2.45) is 17.3 Å². The predicted molar refractivity (Wildman–Crippen MR) is 270 cm³/mol. The number of rotatable bonds is 23. The zero-order valence-electron chi connectivity index (χ0n) is 41.9. The van der Waals surface area contributed by atoms with Crippen LogP contribution in [0.2, 0.25) is 0 Å². The number of carboxylic acids is 4. The monoisotopic (exact) mass is 1010 g/mol. The van der Waals surface area contributed by atoms with Crippen molar-refractivity contribution in [3.05, 3.63) is 68.8 Å². The highest BCUT2D eigenvalue weighted by molar-refractivity contribution is 7.98. The maximum Gasteiger partial charge on any atom is 0.336 e. The lowest BCUT2D eigenvalue weighted by atomic mass is 9.91. The first-order valence-electron chi connectivity index (χ1n) is 21.7. The molecule has 70 heavy (non-hydrogen) atoms. The van der Waals surface area contributed by atoms with E-state index in [0.29, 0.717) is 12.5 Å². The van der Waals surface area contributed by atoms with Gasteiger partial charge in [-0.05, 0) is 110 Å². The van der Waals surface area contributed by atoms with Crippen LogP contribution in [-0.2, 0) is 28.5 Å². The summed E-state index contributed by atoms with van der Waals surface area (Å²) in [4.78, 5) is 111. The van der Waals surface area contributed by atoms with Gasteiger partial charge >= 0.3 is 35.8 Å². The van der Waals surface area contributed by atoms with Crippen LogP contribution in [0.5, 0.6) is 0 Å². The smallest absolute Gasteiger partial charge is 0.336 e. The van der Waals surface area contributed by atoms with E-state index >= 15 is 0 Å². The zero-order valence-corrected chi connectivity index (χ0v) is 42.8. The first kappa shape index (κ1) is 73.2. The third-order valence-electron chi connectivity index (χ3n) is 9.90. The molecule has 19 heteroatoms. The number of ketones is 4. The number of Topliss-reactive ketones (excluding diaryl/α,β-unsaturated/α-hetero) is 4. The quantitative estimate of drug-likeness (QED) is 0.0457. The molecular formula is C51H80O18S. The van der Waals surface area contributed by atoms with E-state index in [1.807, 2.05) is 46.4 Å². The van der Waals surface area contributed by atoms with Crippen LogP contribution in [0.1, 0.15) is 205 Å². The predicted octanol–water partition coefficient (Wildman–Crippen LogP) is 10.3. The molecule has 18 nitrogen and oxygen atoms in total. The number of carbonyl (C=O) groups is 10. The first-order chi connectivity index (χ1) is 31.6. The highest BCUT2D eigenvalue weighted by Gasteiger charge is 2.26. The summed E-state index contributed by atoms with van der Waals surface area (Å²) in [6.45, 7) is 18.5. The molecule has 0 aromatic heterocycles. The van der Waals surface area contributed by atoms with Crippen LogP contribution in [0.25, 0.3) is 0 Å². The molecule has 0 radical (unpaired) electrons. The van der Waals surface area contributed by atoms with Crippen molar-refractivity contribution in [3.63, 3.8) is 0 Å². The molecular weight excluding hydrogens is 933 g/mol. The molecule has 398 valence electrons. The first-order valence-corrected chi connectivity index (χ1v) is 23.1. The van der Waals surface area contributed by atoms with E-state index in [-0.39, 0.29) is 71.5 Å². The zero-order chi connectivity index (χ0) is 53.5. The van der Waals surface area contributed by atoms with Crippen molar-refractivity contribution >= 4 is 70.7 Å². The van der Waals surface area contributed by atoms with Crippen LogP contribution in [0.3, 0.4) is 0 Å². The number of hydrogen-bond donors (Lipinski definition) is 4. The Kier molecular flexibility index (Phi) is 40.8. The molecule has 2 aromatic carbocycles. The van der Waals surface area contributed by atoms with Gasteiger partial charge in [-0.2, -0.15) is 11.8 Å². The topological polar surface area (TPSA) is 289 Å². The fourth-order valence-corrected chi connectivity index (χ4v) is 5.78. The Morgan fingerprint density at radius 3 is 1.14 bits per heavy atom. The molecule has 0 spiro atoms. The fourth-order valence-electron chi connectivity index (χ4n) is 5.32. The fraction of sp³-hybridized carbons (Fsp3) is 0.569. The molecule has 1 atom stereocenters. The second-order valence-corrected chi connectivity index (χ2v) is 16.8. The summed E-state index contributed by atoms with van der Waals surface area (Å²) in [5.41, 5.74) is -2.75. The second kappa shape index (κ2) is 39.0. The van der Waals surface area contributed by atoms with Gasteiger partial charge in [-0.1, -0.05) is 49.0 Å². The summed E-state index contributed by atoms with van der Waals surface area (Å²) in [5, 5.41) is 35.7. The largest absolute Gasteiger partial charge is 0.478 e. The molecule has 0 saturated carbocycles. The number of aromatic carboxylic acids is 4. The van der Waals surface area contributed by atoms with Crippen LogP contribution >= 0.6 is 11.8 Å². The van der Waals surface area contributed by atoms with Crippen molar-refractivity contribution in [1.29, 1.82) is 0 Å². The molecule has 2 aromatic rings. The van der Waals surface area contributed by atoms with Crippen molar-refractivity contribution < 1.29 is 87.3 Å². The van der Waals surface area contributed by atoms with Gasteiger partial charge in [-0.3, -0.25) is 28.8 Å². The van der Waals surface area contributed by atoms with Crippen molar-refractivity contribution in [3.8, 4) is 0 Å². The number of methoxy groups -OCH3 is 3. The van der Waals surface area contributed by atoms with Gasteiger partial charge in [0, 0.05) is 42.4 Å². The summed E-state index contributed by atoms with van der Waals surface area (Å²) in [6, 6.07) is 3.69. The van der Waals surface area contributed by atoms with Crippen LogP contribution in [-0.4, -0.2) is 133 Å². The molecule has 0 aliphatic rings. The SMILES string of the molecule is C.C.CC(=O)c1cc(C(=O)O)c(C(C)=O)cc1C(=O)O.CC(=O)c1cc(C(C)=O)c(C(=O)O)cc1C(=O)O.CCC(C)(C)C(=O)OC.CCCCOC(=O)C(C)CC.COCC(CCCSC)COC. The number of unbranched alkanes of at least 4 members (excludes halogenated alkanes) is 1. The Balaban J connectivity index is -0.000000256. The van der Waals surface area contributed by atoms with Gasteiger partial charge in [0.15, 0.2) is 23.1 Å². The van der Waals surface area contributed by atoms with Crippen molar-refractivity contribution in [2.45, 2.75) is 123 Å². The average molecular weight is 1010 g/mol. The maximum atomic E-state index is 11.3. The number of benzene rings is 2. The highest BCUT2D eigenvalue weighted by Crippen LogP contribution is 2.22. The van der Waals surface area contributed by atoms with Gasteiger partial charge in [0.1, 0.15) is 0 Å². The maximum absolute atomic E-state index is 11.3. The van der Waals surface area contributed by atoms with E-state index in [1.54, 1.807) is 14.2 Å². The summed E-state index contributed by atoms with van der Waals surface area (Å²) in [6.07, 6.45) is 8.35. The standard InChI is InChI=1S/2C12H10O6.C9H20O2S.C9H18O2.C7H14O2.2CH4/c1-5(13)7-3-10(12(17)18)8(6(2)14)4-9(7)11(15)16;1-5(13)7-3-8(6(2)14)10(12(17)18)4-9(7)11(15)16;1-10-7-9(8-11-2)5-4-6-12-3;1-4-6-7-11-9(10)8(3)5-2;1-5-7(2,3)6(8)9-4;;/h2*3-4H,1-2H3,(H,15,16)(H,17,18);9H,4-8H2,1-3H3;8H,4-7H2,1-3H3;5H2,1-4H3;2*1H4. The van der Waals surface area contributed by atoms with E-state index in [9.17, 15) is 47.9 Å². The Bertz CT molecular complexity index is 1710. The van der Waals surface area contributed by atoms with E-state index in [1.165, 1.54) is 25.7 Å². The number of esters is 2. The molecule has 0 saturated heterocycles. The third kappa shape index (κ3) is 28.0. The Hall–Kier alpha value is -5.79. The molecule has 0 amide bonds. The minimum absolute atomic E-state index is 0. The van der Waals surface area contributed by atoms with Crippen LogP contribution in [0, 0.1) is 17.3 Å². The highest BCUT2D eigenvalue weighted by atomic mass is 32.2. The van der Waals surface area contributed by atoms with Gasteiger partial charge < -0.3 is 39.4 Å². The van der Waals surface area contributed by atoms with E-state index in [2.05, 4.69) is 17.9 Å². The van der Waals surface area contributed by atoms with Gasteiger partial charge in [0.2, 0.25) is 0 Å². The normalized spacial score (nSPS) is 10.4. The summed E-state index contributed by atoms with van der Waals surface area (Å²) < 4.78 is 19.8. The average Bonchev–Trinajstić information content (AvgIpc) is 3.28. The lowest BCUT2D eigenvalue weighted by molar-refractivity contribution is -0.151. The Morgan fingerprint density at radius 2 is 0.914 bits per heavy atom. The number of carboxylic acid groups (broad SMARTS) is 4. The number of thioether (sulfide) groups is 1. The van der Waals surface area contributed by atoms with Crippen molar-refractivity contribution in [2.75, 3.05) is 53.2 Å². The second-order valence-electron chi connectivity index (χ2n) is 15.8. The van der Waals surface area contributed by atoms with Crippen molar-refractivity contribution in [1.82, 2.24) is 0 Å². The summed E-state index contributed by atoms with van der Waals surface area (Å²) in [5.74, 6) is -6.18. The molecule has 0 bridgehead atoms. The molecule has 0 fully saturated rings. The van der Waals surface area contributed by atoms with Gasteiger partial charge in [-0.25, -0.2) is 19.2 Å². The summed E-state index contributed by atoms with van der Waals surface area (Å²) in [7, 11) is 4.91. The van der Waals surface area contributed by atoms with Crippen LogP contribution in [0.4, 0.5) is 0 Å². The Labute approximate surface area is 418 Å². The van der Waals surface area contributed by atoms with E-state index in [4.69, 9.17) is 34.6 Å². The minimum atomic E-state index is -1.42. The molecule has 1 unspecified atom stereocenters. The molecule has 4 N–H and O–H groups in total. The number of ether oxygens (including phenoxy) is 4. The summed E-state index contributed by atoms with van der Waals surface area (Å²) >= 11 is 1.90. The lowest BCUT2D eigenvalue weighted by Gasteiger charge is -2.17. The number of carbonyl (C=O) groups excluding carboxylic acids is 6. The Morgan fingerprint density at radius 1 is 0.586 bits per heavy atom. The van der Waals surface area contributed by atoms with Gasteiger partial charge in [0.25, 0.3) is 0 Å². The third-order valence-corrected chi connectivity index (χ3v) is 10.6. The van der Waals surface area contributed by atoms with Crippen LogP contribution in [0.15, 0.2) is 24.3 Å². The van der Waals surface area contributed by atoms with E-state index < -0.39 is 58.1 Å². The molecule has 0 aliphatic heterocycles.